The Hall–Kier alpha value is -3.22. The van der Waals surface area contributed by atoms with Crippen molar-refractivity contribution >= 4 is 5.91 Å². The molecule has 1 atom stereocenters. The van der Waals surface area contributed by atoms with Crippen LogP contribution in [0.15, 0.2) is 54.9 Å². The Labute approximate surface area is 158 Å². The lowest BCUT2D eigenvalue weighted by Crippen LogP contribution is -2.36. The molecule has 7 nitrogen and oxygen atoms in total. The molecule has 1 heterocycles. The van der Waals surface area contributed by atoms with Gasteiger partial charge in [-0.15, -0.1) is 5.10 Å². The van der Waals surface area contributed by atoms with Gasteiger partial charge in [0.05, 0.1) is 6.54 Å². The Morgan fingerprint density at radius 3 is 2.56 bits per heavy atom. The highest BCUT2D eigenvalue weighted by molar-refractivity contribution is 5.80. The average molecular weight is 365 g/mol. The van der Waals surface area contributed by atoms with Crippen molar-refractivity contribution in [2.45, 2.75) is 26.3 Å². The first-order chi connectivity index (χ1) is 13.1. The molecule has 140 valence electrons. The number of ether oxygens (including phenoxy) is 1. The predicted octanol–water partition coefficient (Wildman–Crippen LogP) is 2.27. The zero-order chi connectivity index (χ0) is 19.1. The van der Waals surface area contributed by atoms with Crippen LogP contribution in [0.25, 0.3) is 0 Å². The number of benzene rings is 2. The summed E-state index contributed by atoms with van der Waals surface area (Å²) in [6.07, 6.45) is 1.97. The summed E-state index contributed by atoms with van der Waals surface area (Å²) < 4.78 is 7.22. The highest BCUT2D eigenvalue weighted by Gasteiger charge is 2.21. The fourth-order valence-electron chi connectivity index (χ4n) is 2.93. The first kappa shape index (κ1) is 18.6. The third kappa shape index (κ3) is 5.37. The van der Waals surface area contributed by atoms with E-state index in [1.165, 1.54) is 11.0 Å². The van der Waals surface area contributed by atoms with Crippen molar-refractivity contribution in [2.24, 2.45) is 0 Å². The Balaban J connectivity index is 1.56. The molecule has 3 rings (SSSR count). The molecule has 1 N–H and O–H groups in total. The summed E-state index contributed by atoms with van der Waals surface area (Å²) in [4.78, 5) is 12.7. The van der Waals surface area contributed by atoms with E-state index >= 15 is 0 Å². The fourth-order valence-corrected chi connectivity index (χ4v) is 2.93. The van der Waals surface area contributed by atoms with Gasteiger partial charge < -0.3 is 10.1 Å². The molecule has 1 unspecified atom stereocenters. The number of amides is 1. The molecule has 1 aromatic heterocycles. The summed E-state index contributed by atoms with van der Waals surface area (Å²) in [7, 11) is 0. The van der Waals surface area contributed by atoms with Crippen molar-refractivity contribution in [1.29, 1.82) is 0 Å². The molecule has 3 aromatic rings. The lowest BCUT2D eigenvalue weighted by Gasteiger charge is -2.16. The molecule has 0 aliphatic carbocycles. The molecule has 1 amide bonds. The molecule has 2 aromatic carbocycles. The van der Waals surface area contributed by atoms with Gasteiger partial charge in [0.1, 0.15) is 24.7 Å². The first-order valence-electron chi connectivity index (χ1n) is 8.87. The highest BCUT2D eigenvalue weighted by atomic mass is 16.5. The molecule has 0 saturated heterocycles. The second kappa shape index (κ2) is 8.93. The molecular formula is C20H23N5O2. The smallest absolute Gasteiger partial charge is 0.245 e. The van der Waals surface area contributed by atoms with Crippen LogP contribution in [0.4, 0.5) is 0 Å². The van der Waals surface area contributed by atoms with E-state index < -0.39 is 6.04 Å². The van der Waals surface area contributed by atoms with Gasteiger partial charge in [0.15, 0.2) is 0 Å². The molecule has 0 saturated carbocycles. The lowest BCUT2D eigenvalue weighted by molar-refractivity contribution is -0.124. The second-order valence-corrected chi connectivity index (χ2v) is 6.46. The zero-order valence-electron chi connectivity index (χ0n) is 15.5. The maximum absolute atomic E-state index is 12.7. The van der Waals surface area contributed by atoms with Crippen LogP contribution in [0.2, 0.25) is 0 Å². The summed E-state index contributed by atoms with van der Waals surface area (Å²) in [6, 6.07) is 15.3. The normalized spacial score (nSPS) is 11.8. The lowest BCUT2D eigenvalue weighted by atomic mass is 10.1. The largest absolute Gasteiger partial charge is 0.492 e. The van der Waals surface area contributed by atoms with Crippen LogP contribution >= 0.6 is 0 Å². The van der Waals surface area contributed by atoms with Crippen molar-refractivity contribution < 1.29 is 9.53 Å². The number of aryl methyl sites for hydroxylation is 2. The summed E-state index contributed by atoms with van der Waals surface area (Å²) >= 11 is 0. The van der Waals surface area contributed by atoms with Crippen LogP contribution in [-0.4, -0.2) is 39.3 Å². The average Bonchev–Trinajstić information content (AvgIpc) is 3.17. The molecule has 0 radical (unpaired) electrons. The minimum absolute atomic E-state index is 0.143. The van der Waals surface area contributed by atoms with Gasteiger partial charge in [-0.2, -0.15) is 0 Å². The topological polar surface area (TPSA) is 81.9 Å². The van der Waals surface area contributed by atoms with Gasteiger partial charge in [0.2, 0.25) is 5.91 Å². The predicted molar refractivity (Wildman–Crippen MR) is 101 cm³/mol. The maximum atomic E-state index is 12.7. The van der Waals surface area contributed by atoms with E-state index in [1.54, 1.807) is 0 Å². The van der Waals surface area contributed by atoms with Gasteiger partial charge in [-0.25, -0.2) is 4.68 Å². The summed E-state index contributed by atoms with van der Waals surface area (Å²) in [5, 5.41) is 14.1. The minimum Gasteiger partial charge on any atom is -0.492 e. The number of nitrogens with zero attached hydrogens (tertiary/aromatic N) is 4. The molecule has 0 spiro atoms. The number of tetrazole rings is 1. The third-order valence-electron chi connectivity index (χ3n) is 4.12. The standard InChI is InChI=1S/C20H23N5O2/c1-15-10-16(2)12-18(11-15)27-9-8-21-20(26)19(25-14-22-23-24-25)13-17-6-4-3-5-7-17/h3-7,10-12,14,19H,8-9,13H2,1-2H3,(H,21,26). The Morgan fingerprint density at radius 2 is 1.89 bits per heavy atom. The van der Waals surface area contributed by atoms with E-state index in [2.05, 4.69) is 26.9 Å². The second-order valence-electron chi connectivity index (χ2n) is 6.46. The summed E-state index contributed by atoms with van der Waals surface area (Å²) in [5.41, 5.74) is 3.34. The summed E-state index contributed by atoms with van der Waals surface area (Å²) in [6.45, 7) is 4.85. The van der Waals surface area contributed by atoms with Crippen molar-refractivity contribution in [3.8, 4) is 5.75 Å². The Kier molecular flexibility index (Phi) is 6.14. The van der Waals surface area contributed by atoms with Crippen LogP contribution in [0.3, 0.4) is 0 Å². The van der Waals surface area contributed by atoms with E-state index in [1.807, 2.05) is 56.3 Å². The van der Waals surface area contributed by atoms with Crippen LogP contribution in [0, 0.1) is 13.8 Å². The third-order valence-corrected chi connectivity index (χ3v) is 4.12. The van der Waals surface area contributed by atoms with Crippen LogP contribution in [0.1, 0.15) is 22.7 Å². The Morgan fingerprint density at radius 1 is 1.15 bits per heavy atom. The zero-order valence-corrected chi connectivity index (χ0v) is 15.5. The molecule has 0 aliphatic heterocycles. The van der Waals surface area contributed by atoms with E-state index in [-0.39, 0.29) is 5.91 Å². The monoisotopic (exact) mass is 365 g/mol. The van der Waals surface area contributed by atoms with Gasteiger partial charge in [0, 0.05) is 6.42 Å². The number of carbonyl (C=O) groups excluding carboxylic acids is 1. The van der Waals surface area contributed by atoms with E-state index in [0.29, 0.717) is 19.6 Å². The van der Waals surface area contributed by atoms with Crippen LogP contribution < -0.4 is 10.1 Å². The molecule has 27 heavy (non-hydrogen) atoms. The van der Waals surface area contributed by atoms with Crippen molar-refractivity contribution in [1.82, 2.24) is 25.5 Å². The van der Waals surface area contributed by atoms with Gasteiger partial charge in [-0.05, 0) is 53.1 Å². The number of hydrogen-bond acceptors (Lipinski definition) is 5. The number of aromatic nitrogens is 4. The van der Waals surface area contributed by atoms with Gasteiger partial charge in [-0.1, -0.05) is 36.4 Å². The quantitative estimate of drug-likeness (QED) is 0.619. The van der Waals surface area contributed by atoms with Crippen molar-refractivity contribution in [2.75, 3.05) is 13.2 Å². The Bertz CT molecular complexity index is 845. The fraction of sp³-hybridized carbons (Fsp3) is 0.300. The number of carbonyl (C=O) groups is 1. The SMILES string of the molecule is Cc1cc(C)cc(OCCNC(=O)C(Cc2ccccc2)n2cnnn2)c1. The van der Waals surface area contributed by atoms with Crippen LogP contribution in [0.5, 0.6) is 5.75 Å². The first-order valence-corrected chi connectivity index (χ1v) is 8.87. The molecule has 0 fully saturated rings. The molecular weight excluding hydrogens is 342 g/mol. The molecule has 7 heteroatoms. The van der Waals surface area contributed by atoms with Gasteiger partial charge >= 0.3 is 0 Å². The summed E-state index contributed by atoms with van der Waals surface area (Å²) in [5.74, 6) is 0.665. The maximum Gasteiger partial charge on any atom is 0.245 e. The van der Waals surface area contributed by atoms with Gasteiger partial charge in [0.25, 0.3) is 0 Å². The minimum atomic E-state index is -0.511. The molecule has 0 bridgehead atoms. The van der Waals surface area contributed by atoms with Gasteiger partial charge in [-0.3, -0.25) is 4.79 Å². The van der Waals surface area contributed by atoms with Crippen molar-refractivity contribution in [3.63, 3.8) is 0 Å². The van der Waals surface area contributed by atoms with E-state index in [4.69, 9.17) is 4.74 Å². The number of nitrogens with one attached hydrogen (secondary N) is 1. The van der Waals surface area contributed by atoms with Crippen molar-refractivity contribution in [3.05, 3.63) is 71.5 Å². The number of hydrogen-bond donors (Lipinski definition) is 1. The van der Waals surface area contributed by atoms with E-state index in [9.17, 15) is 4.79 Å². The number of rotatable bonds is 8. The molecule has 0 aliphatic rings. The highest BCUT2D eigenvalue weighted by Crippen LogP contribution is 2.16. The van der Waals surface area contributed by atoms with E-state index in [0.717, 1.165) is 22.4 Å². The van der Waals surface area contributed by atoms with Crippen LogP contribution in [-0.2, 0) is 11.2 Å².